The zero-order chi connectivity index (χ0) is 18.9. The zero-order valence-corrected chi connectivity index (χ0v) is 19.3. The maximum atomic E-state index is 11.5. The highest BCUT2D eigenvalue weighted by Gasteiger charge is 2.18. The molecule has 0 fully saturated rings. The number of hydrogen-bond acceptors (Lipinski definition) is 7. The monoisotopic (exact) mass is 444 g/mol. The summed E-state index contributed by atoms with van der Waals surface area (Å²) in [5, 5.41) is -0.276. The van der Waals surface area contributed by atoms with Crippen molar-refractivity contribution >= 4 is 62.9 Å². The molecule has 0 aromatic heterocycles. The number of carbonyl (C=O) groups excluding carboxylic acids is 2. The fourth-order valence-corrected chi connectivity index (χ4v) is 11.8. The van der Waals surface area contributed by atoms with E-state index < -0.39 is 0 Å². The third-order valence-electron chi connectivity index (χ3n) is 3.64. The third-order valence-corrected chi connectivity index (χ3v) is 12.9. The Morgan fingerprint density at radius 1 is 0.680 bits per heavy atom. The molecule has 0 bridgehead atoms. The predicted octanol–water partition coefficient (Wildman–Crippen LogP) is 5.96. The van der Waals surface area contributed by atoms with Gasteiger partial charge in [0.2, 0.25) is 11.8 Å². The Morgan fingerprint density at radius 3 is 1.40 bits per heavy atom. The van der Waals surface area contributed by atoms with Crippen LogP contribution in [0.25, 0.3) is 0 Å². The lowest BCUT2D eigenvalue weighted by atomic mass is 10.1. The lowest BCUT2D eigenvalue weighted by molar-refractivity contribution is -0.118. The van der Waals surface area contributed by atoms with Crippen LogP contribution >= 0.6 is 51.1 Å². The van der Waals surface area contributed by atoms with E-state index in [0.717, 1.165) is 38.5 Å². The zero-order valence-electron chi connectivity index (χ0n) is 15.2. The molecule has 4 N–H and O–H groups in total. The fraction of sp³-hybridized carbons (Fsp3) is 0.875. The van der Waals surface area contributed by atoms with Crippen LogP contribution in [0.2, 0.25) is 0 Å². The SMILES string of the molecule is CCCCCCC(SSSSSC(CCCCCC)C(N)=O)C(N)=O. The smallest absolute Gasteiger partial charge is 0.231 e. The first kappa shape index (κ1) is 25.7. The first-order valence-corrected chi connectivity index (χ1v) is 15.2. The van der Waals surface area contributed by atoms with Gasteiger partial charge in [0.1, 0.15) is 0 Å². The molecule has 2 amide bonds. The second kappa shape index (κ2) is 18.1. The molecule has 148 valence electrons. The molecule has 25 heavy (non-hydrogen) atoms. The van der Waals surface area contributed by atoms with Crippen molar-refractivity contribution in [1.82, 2.24) is 0 Å². The Kier molecular flexibility index (Phi) is 18.6. The van der Waals surface area contributed by atoms with Crippen LogP contribution in [0, 0.1) is 0 Å². The normalized spacial score (nSPS) is 13.5. The average molecular weight is 445 g/mol. The maximum absolute atomic E-state index is 11.5. The van der Waals surface area contributed by atoms with E-state index in [-0.39, 0.29) is 22.3 Å². The average Bonchev–Trinajstić information content (AvgIpc) is 2.57. The molecule has 0 aliphatic heterocycles. The van der Waals surface area contributed by atoms with E-state index in [1.165, 1.54) is 47.3 Å². The lowest BCUT2D eigenvalue weighted by Crippen LogP contribution is -2.25. The van der Waals surface area contributed by atoms with Crippen molar-refractivity contribution in [3.63, 3.8) is 0 Å². The third kappa shape index (κ3) is 15.4. The van der Waals surface area contributed by atoms with Crippen LogP contribution in [0.4, 0.5) is 0 Å². The second-order valence-corrected chi connectivity index (χ2v) is 13.9. The highest BCUT2D eigenvalue weighted by Crippen LogP contribution is 2.51. The number of nitrogens with two attached hydrogens (primary N) is 2. The second-order valence-electron chi connectivity index (χ2n) is 5.88. The molecule has 0 saturated heterocycles. The van der Waals surface area contributed by atoms with E-state index in [1.54, 1.807) is 29.5 Å². The van der Waals surface area contributed by atoms with Gasteiger partial charge in [0, 0.05) is 0 Å². The fourth-order valence-electron chi connectivity index (χ4n) is 2.13. The van der Waals surface area contributed by atoms with Crippen molar-refractivity contribution in [2.45, 2.75) is 88.6 Å². The Labute approximate surface area is 171 Å². The Morgan fingerprint density at radius 2 is 1.08 bits per heavy atom. The Hall–Kier alpha value is 0.690. The van der Waals surface area contributed by atoms with E-state index in [2.05, 4.69) is 13.8 Å². The van der Waals surface area contributed by atoms with Gasteiger partial charge in [-0.25, -0.2) is 0 Å². The van der Waals surface area contributed by atoms with E-state index in [1.807, 2.05) is 0 Å². The van der Waals surface area contributed by atoms with Crippen LogP contribution in [0.5, 0.6) is 0 Å². The molecule has 2 atom stereocenters. The van der Waals surface area contributed by atoms with Crippen LogP contribution < -0.4 is 11.5 Å². The van der Waals surface area contributed by atoms with E-state index in [9.17, 15) is 9.59 Å². The van der Waals surface area contributed by atoms with Gasteiger partial charge < -0.3 is 11.5 Å². The number of rotatable bonds is 18. The molecular weight excluding hydrogens is 413 g/mol. The van der Waals surface area contributed by atoms with E-state index >= 15 is 0 Å². The molecule has 0 aliphatic carbocycles. The van der Waals surface area contributed by atoms with Crippen molar-refractivity contribution in [2.75, 3.05) is 0 Å². The summed E-state index contributed by atoms with van der Waals surface area (Å²) < 4.78 is 0. The molecule has 0 saturated carbocycles. The van der Waals surface area contributed by atoms with Crippen molar-refractivity contribution in [3.05, 3.63) is 0 Å². The number of primary amides is 2. The summed E-state index contributed by atoms with van der Waals surface area (Å²) in [6.45, 7) is 4.34. The highest BCUT2D eigenvalue weighted by molar-refractivity contribution is 9.35. The molecule has 0 radical (unpaired) electrons. The van der Waals surface area contributed by atoms with Crippen LogP contribution in [0.1, 0.15) is 78.1 Å². The van der Waals surface area contributed by atoms with Gasteiger partial charge in [-0.2, -0.15) is 0 Å². The quantitative estimate of drug-likeness (QED) is 0.199. The minimum Gasteiger partial charge on any atom is -0.369 e. The van der Waals surface area contributed by atoms with Gasteiger partial charge in [-0.15, -0.1) is 0 Å². The van der Waals surface area contributed by atoms with Crippen molar-refractivity contribution in [2.24, 2.45) is 11.5 Å². The molecule has 0 rings (SSSR count). The standard InChI is InChI=1S/C16H32N2O2S5/c1-3-5-7-9-11-13(15(17)19)21-23-25-24-22-14(16(18)20)12-10-8-6-4-2/h13-14H,3-12H2,1-2H3,(H2,17,19)(H2,18,20). The van der Waals surface area contributed by atoms with Gasteiger partial charge in [0.05, 0.1) is 10.5 Å². The maximum Gasteiger partial charge on any atom is 0.231 e. The highest BCUT2D eigenvalue weighted by atomic mass is 33.8. The molecule has 2 unspecified atom stereocenters. The van der Waals surface area contributed by atoms with Crippen LogP contribution in [0.15, 0.2) is 0 Å². The number of unbranched alkanes of at least 4 members (excludes halogenated alkanes) is 6. The van der Waals surface area contributed by atoms with Crippen LogP contribution in [-0.4, -0.2) is 22.3 Å². The summed E-state index contributed by atoms with van der Waals surface area (Å²) in [5.41, 5.74) is 11.0. The van der Waals surface area contributed by atoms with Gasteiger partial charge in [0.15, 0.2) is 0 Å². The first-order valence-electron chi connectivity index (χ1n) is 8.93. The van der Waals surface area contributed by atoms with E-state index in [0.29, 0.717) is 0 Å². The Bertz CT molecular complexity index is 329. The number of carbonyl (C=O) groups is 2. The Balaban J connectivity index is 3.89. The molecule has 0 heterocycles. The van der Waals surface area contributed by atoms with Gasteiger partial charge in [-0.3, -0.25) is 9.59 Å². The summed E-state index contributed by atoms with van der Waals surface area (Å²) in [6, 6.07) is 0. The summed E-state index contributed by atoms with van der Waals surface area (Å²) in [4.78, 5) is 23.0. The van der Waals surface area contributed by atoms with E-state index in [4.69, 9.17) is 11.5 Å². The largest absolute Gasteiger partial charge is 0.369 e. The molecule has 0 spiro atoms. The van der Waals surface area contributed by atoms with Crippen LogP contribution in [0.3, 0.4) is 0 Å². The number of amides is 2. The molecule has 0 aliphatic rings. The van der Waals surface area contributed by atoms with Crippen molar-refractivity contribution < 1.29 is 9.59 Å². The summed E-state index contributed by atoms with van der Waals surface area (Å²) >= 11 is 0. The van der Waals surface area contributed by atoms with Gasteiger partial charge in [-0.1, -0.05) is 86.8 Å². The molecule has 0 aromatic rings. The van der Waals surface area contributed by atoms with Gasteiger partial charge in [-0.05, 0) is 42.3 Å². The van der Waals surface area contributed by atoms with Crippen molar-refractivity contribution in [3.8, 4) is 0 Å². The summed E-state index contributed by atoms with van der Waals surface area (Å²) in [6.07, 6.45) is 10.9. The topological polar surface area (TPSA) is 86.2 Å². The number of hydrogen-bond donors (Lipinski definition) is 2. The summed E-state index contributed by atoms with van der Waals surface area (Å²) in [5.74, 6) is -0.476. The molecule has 0 aromatic carbocycles. The molecule has 4 nitrogen and oxygen atoms in total. The molecule has 9 heteroatoms. The van der Waals surface area contributed by atoms with Gasteiger partial charge in [0.25, 0.3) is 0 Å². The predicted molar refractivity (Wildman–Crippen MR) is 121 cm³/mol. The molecular formula is C16H32N2O2S5. The first-order chi connectivity index (χ1) is 12.0. The minimum atomic E-state index is -0.238. The summed E-state index contributed by atoms with van der Waals surface area (Å²) in [7, 11) is 7.75. The van der Waals surface area contributed by atoms with Crippen LogP contribution in [-0.2, 0) is 9.59 Å². The van der Waals surface area contributed by atoms with Gasteiger partial charge >= 0.3 is 0 Å². The van der Waals surface area contributed by atoms with Crippen molar-refractivity contribution in [1.29, 1.82) is 0 Å². The lowest BCUT2D eigenvalue weighted by Gasteiger charge is -2.13. The minimum absolute atomic E-state index is 0.138.